The third-order valence-corrected chi connectivity index (χ3v) is 5.32. The number of rotatable bonds is 6. The van der Waals surface area contributed by atoms with Crippen LogP contribution in [0.3, 0.4) is 0 Å². The fourth-order valence-electron chi connectivity index (χ4n) is 2.97. The van der Waals surface area contributed by atoms with Crippen molar-refractivity contribution in [3.8, 4) is 16.9 Å². The van der Waals surface area contributed by atoms with E-state index in [1.165, 1.54) is 24.4 Å². The molecule has 0 aliphatic carbocycles. The molecule has 3 rings (SSSR count). The van der Waals surface area contributed by atoms with Crippen LogP contribution in [0.5, 0.6) is 5.75 Å². The lowest BCUT2D eigenvalue weighted by Gasteiger charge is -2.19. The van der Waals surface area contributed by atoms with Gasteiger partial charge in [0.05, 0.1) is 5.02 Å². The van der Waals surface area contributed by atoms with Crippen molar-refractivity contribution in [2.75, 3.05) is 12.3 Å². The van der Waals surface area contributed by atoms with Gasteiger partial charge in [-0.2, -0.15) is 13.2 Å². The molecule has 0 aliphatic heterocycles. The van der Waals surface area contributed by atoms with Crippen molar-refractivity contribution in [1.82, 2.24) is 10.3 Å². The number of nitrogen functional groups attached to an aromatic ring is 1. The molecular weight excluding hydrogens is 485 g/mol. The number of pyridine rings is 1. The second-order valence-corrected chi connectivity index (χ2v) is 7.78. The fourth-order valence-corrected chi connectivity index (χ4v) is 3.65. The number of halogens is 6. The molecule has 0 radical (unpaired) electrons. The number of anilines is 1. The van der Waals surface area contributed by atoms with E-state index in [1.54, 1.807) is 30.4 Å². The number of nitrogens with two attached hydrogens (primary N) is 1. The minimum atomic E-state index is -4.50. The second-order valence-electron chi connectivity index (χ2n) is 7.00. The Morgan fingerprint density at radius 3 is 2.45 bits per heavy atom. The molecule has 1 atom stereocenters. The first-order valence-electron chi connectivity index (χ1n) is 9.47. The molecule has 1 aromatic heterocycles. The average molecular weight is 502 g/mol. The van der Waals surface area contributed by atoms with Crippen LogP contribution in [0.15, 0.2) is 48.7 Å². The standard InChI is InChI=1S/C22H17Cl2F4N3O2/c1-11(18-15(23)6-7-16(25)19(18)24)33-17-8-14(9-30-20(17)29)12-2-4-13(5-3-12)21(32)31-10-22(26,27)28/h2-9,11H,10H2,1H3,(H2,29,30)(H,31,32). The van der Waals surface area contributed by atoms with Gasteiger partial charge in [0, 0.05) is 27.9 Å². The van der Waals surface area contributed by atoms with Gasteiger partial charge in [-0.15, -0.1) is 0 Å². The van der Waals surface area contributed by atoms with E-state index in [0.717, 1.165) is 6.07 Å². The highest BCUT2D eigenvalue weighted by Gasteiger charge is 2.28. The number of alkyl halides is 3. The lowest BCUT2D eigenvalue weighted by molar-refractivity contribution is -0.123. The normalized spacial score (nSPS) is 12.3. The van der Waals surface area contributed by atoms with Crippen LogP contribution in [0.25, 0.3) is 11.1 Å². The van der Waals surface area contributed by atoms with E-state index in [4.69, 9.17) is 33.7 Å². The van der Waals surface area contributed by atoms with Crippen LogP contribution >= 0.6 is 23.2 Å². The zero-order valence-corrected chi connectivity index (χ0v) is 18.5. The van der Waals surface area contributed by atoms with Crippen LogP contribution < -0.4 is 15.8 Å². The predicted molar refractivity (Wildman–Crippen MR) is 118 cm³/mol. The van der Waals surface area contributed by atoms with Gasteiger partial charge in [0.15, 0.2) is 11.6 Å². The predicted octanol–water partition coefficient (Wildman–Crippen LogP) is 6.21. The number of amides is 1. The maximum absolute atomic E-state index is 13.9. The highest BCUT2D eigenvalue weighted by Crippen LogP contribution is 2.37. The van der Waals surface area contributed by atoms with Crippen LogP contribution in [0.1, 0.15) is 28.9 Å². The van der Waals surface area contributed by atoms with Crippen molar-refractivity contribution < 1.29 is 27.1 Å². The Bertz CT molecular complexity index is 1170. The number of nitrogens with one attached hydrogen (secondary N) is 1. The average Bonchev–Trinajstić information content (AvgIpc) is 2.76. The third kappa shape index (κ3) is 6.06. The van der Waals surface area contributed by atoms with E-state index in [9.17, 15) is 22.4 Å². The minimum absolute atomic E-state index is 0.0619. The highest BCUT2D eigenvalue weighted by molar-refractivity contribution is 6.36. The molecular formula is C22H17Cl2F4N3O2. The number of ether oxygens (including phenoxy) is 1. The van der Waals surface area contributed by atoms with Crippen LogP contribution in [0.4, 0.5) is 23.4 Å². The number of hydrogen-bond acceptors (Lipinski definition) is 4. The summed E-state index contributed by atoms with van der Waals surface area (Å²) in [6.45, 7) is 0.195. The van der Waals surface area contributed by atoms with Gasteiger partial charge >= 0.3 is 6.18 Å². The van der Waals surface area contributed by atoms with E-state index in [0.29, 0.717) is 11.1 Å². The van der Waals surface area contributed by atoms with Crippen LogP contribution in [-0.2, 0) is 0 Å². The van der Waals surface area contributed by atoms with E-state index < -0.39 is 30.5 Å². The zero-order valence-electron chi connectivity index (χ0n) is 17.0. The second kappa shape index (κ2) is 9.84. The quantitative estimate of drug-likeness (QED) is 0.311. The van der Waals surface area contributed by atoms with Crippen LogP contribution in [-0.4, -0.2) is 23.6 Å². The summed E-state index contributed by atoms with van der Waals surface area (Å²) < 4.78 is 56.5. The lowest BCUT2D eigenvalue weighted by Crippen LogP contribution is -2.33. The van der Waals surface area contributed by atoms with Crippen molar-refractivity contribution >= 4 is 34.9 Å². The number of benzene rings is 2. The molecule has 11 heteroatoms. The number of hydrogen-bond donors (Lipinski definition) is 2. The summed E-state index contributed by atoms with van der Waals surface area (Å²) in [7, 11) is 0. The van der Waals surface area contributed by atoms with Gasteiger partial charge in [0.1, 0.15) is 18.5 Å². The molecule has 2 aromatic carbocycles. The van der Waals surface area contributed by atoms with Gasteiger partial charge in [-0.25, -0.2) is 9.37 Å². The van der Waals surface area contributed by atoms with Crippen molar-refractivity contribution in [2.45, 2.75) is 19.2 Å². The zero-order chi connectivity index (χ0) is 24.3. The Morgan fingerprint density at radius 2 is 1.82 bits per heavy atom. The molecule has 174 valence electrons. The van der Waals surface area contributed by atoms with Gasteiger partial charge in [-0.1, -0.05) is 35.3 Å². The highest BCUT2D eigenvalue weighted by atomic mass is 35.5. The molecule has 5 nitrogen and oxygen atoms in total. The summed E-state index contributed by atoms with van der Waals surface area (Å²) >= 11 is 12.2. The van der Waals surface area contributed by atoms with Crippen molar-refractivity contribution in [3.05, 3.63) is 75.7 Å². The van der Waals surface area contributed by atoms with Gasteiger partial charge in [0.25, 0.3) is 5.91 Å². The molecule has 33 heavy (non-hydrogen) atoms. The van der Waals surface area contributed by atoms with Gasteiger partial charge in [0.2, 0.25) is 0 Å². The molecule has 3 aromatic rings. The van der Waals surface area contributed by atoms with Gasteiger partial charge in [-0.05, 0) is 42.8 Å². The molecule has 0 saturated carbocycles. The Labute approximate surface area is 196 Å². The first-order valence-corrected chi connectivity index (χ1v) is 10.2. The smallest absolute Gasteiger partial charge is 0.405 e. The summed E-state index contributed by atoms with van der Waals surface area (Å²) in [5.74, 6) is -1.25. The van der Waals surface area contributed by atoms with E-state index in [1.807, 2.05) is 0 Å². The minimum Gasteiger partial charge on any atom is -0.482 e. The first-order chi connectivity index (χ1) is 15.5. The molecule has 0 spiro atoms. The van der Waals surface area contributed by atoms with Gasteiger partial charge in [-0.3, -0.25) is 4.79 Å². The van der Waals surface area contributed by atoms with Crippen LogP contribution in [0, 0.1) is 5.82 Å². The van der Waals surface area contributed by atoms with Crippen molar-refractivity contribution in [2.24, 2.45) is 0 Å². The molecule has 0 fully saturated rings. The number of aromatic nitrogens is 1. The van der Waals surface area contributed by atoms with Gasteiger partial charge < -0.3 is 15.8 Å². The van der Waals surface area contributed by atoms with Crippen molar-refractivity contribution in [1.29, 1.82) is 0 Å². The molecule has 1 amide bonds. The summed E-state index contributed by atoms with van der Waals surface area (Å²) in [6, 6.07) is 9.94. The Hall–Kier alpha value is -3.04. The Morgan fingerprint density at radius 1 is 1.15 bits per heavy atom. The topological polar surface area (TPSA) is 77.2 Å². The van der Waals surface area contributed by atoms with Crippen LogP contribution in [0.2, 0.25) is 10.0 Å². The summed E-state index contributed by atoms with van der Waals surface area (Å²) in [5, 5.41) is 1.85. The monoisotopic (exact) mass is 501 g/mol. The maximum atomic E-state index is 13.9. The summed E-state index contributed by atoms with van der Waals surface area (Å²) in [5.41, 5.74) is 7.39. The summed E-state index contributed by atoms with van der Waals surface area (Å²) in [4.78, 5) is 16.0. The molecule has 0 bridgehead atoms. The molecule has 1 heterocycles. The SMILES string of the molecule is CC(Oc1cc(-c2ccc(C(=O)NCC(F)(F)F)cc2)cnc1N)c1c(Cl)ccc(F)c1Cl. The third-order valence-electron chi connectivity index (χ3n) is 4.60. The Balaban J connectivity index is 1.80. The first kappa shape index (κ1) is 24.6. The molecule has 0 saturated heterocycles. The lowest BCUT2D eigenvalue weighted by atomic mass is 10.0. The molecule has 0 aliphatic rings. The number of nitrogens with zero attached hydrogens (tertiary/aromatic N) is 1. The van der Waals surface area contributed by atoms with E-state index >= 15 is 0 Å². The fraction of sp³-hybridized carbons (Fsp3) is 0.182. The van der Waals surface area contributed by atoms with E-state index in [2.05, 4.69) is 4.98 Å². The largest absolute Gasteiger partial charge is 0.482 e. The van der Waals surface area contributed by atoms with Crippen molar-refractivity contribution in [3.63, 3.8) is 0 Å². The summed E-state index contributed by atoms with van der Waals surface area (Å²) in [6.07, 6.45) is -3.80. The molecule has 3 N–H and O–H groups in total. The van der Waals surface area contributed by atoms with E-state index in [-0.39, 0.29) is 32.7 Å². The Kier molecular flexibility index (Phi) is 7.34. The number of carbonyl (C=O) groups excluding carboxylic acids is 1. The molecule has 1 unspecified atom stereocenters. The number of carbonyl (C=O) groups is 1. The maximum Gasteiger partial charge on any atom is 0.405 e.